The average Bonchev–Trinajstić information content (AvgIpc) is 2.55. The Balaban J connectivity index is 2.04. The van der Waals surface area contributed by atoms with Crippen molar-refractivity contribution < 1.29 is 9.53 Å². The molecule has 2 atom stereocenters. The van der Waals surface area contributed by atoms with Gasteiger partial charge in [0.05, 0.1) is 11.6 Å². The normalized spacial score (nSPS) is 12.8. The first-order valence-corrected chi connectivity index (χ1v) is 8.09. The van der Waals surface area contributed by atoms with Crippen LogP contribution in [0.3, 0.4) is 0 Å². The molecule has 2 rings (SSSR count). The van der Waals surface area contributed by atoms with Crippen LogP contribution in [0, 0.1) is 11.3 Å². The highest BCUT2D eigenvalue weighted by Gasteiger charge is 2.20. The first kappa shape index (κ1) is 18.1. The van der Waals surface area contributed by atoms with E-state index in [-0.39, 0.29) is 11.9 Å². The van der Waals surface area contributed by atoms with Gasteiger partial charge in [-0.3, -0.25) is 4.79 Å². The van der Waals surface area contributed by atoms with Gasteiger partial charge in [-0.25, -0.2) is 0 Å². The Bertz CT molecular complexity index is 787. The van der Waals surface area contributed by atoms with E-state index in [0.717, 1.165) is 5.56 Å². The van der Waals surface area contributed by atoms with Gasteiger partial charge in [0.15, 0.2) is 6.10 Å². The first-order chi connectivity index (χ1) is 11.4. The summed E-state index contributed by atoms with van der Waals surface area (Å²) in [6.45, 7) is 3.45. The molecule has 0 aliphatic heterocycles. The van der Waals surface area contributed by atoms with Gasteiger partial charge < -0.3 is 10.1 Å². The Hall–Kier alpha value is -2.22. The molecule has 124 valence electrons. The maximum atomic E-state index is 12.3. The molecule has 0 saturated carbocycles. The maximum Gasteiger partial charge on any atom is 0.261 e. The largest absolute Gasteiger partial charge is 0.480 e. The standard InChI is InChI=1S/C18H16Cl2N2O2/c1-11(15-8-7-14(19)9-16(15)20)22-18(23)12(2)24-17-6-4-3-5-13(17)10-21/h3-9,11-12H,1-2H3,(H,22,23)/t11-,12+/m0/s1. The Morgan fingerprint density at radius 2 is 1.92 bits per heavy atom. The fourth-order valence-electron chi connectivity index (χ4n) is 2.17. The predicted molar refractivity (Wildman–Crippen MR) is 94.3 cm³/mol. The van der Waals surface area contributed by atoms with Crippen molar-refractivity contribution in [1.82, 2.24) is 5.32 Å². The van der Waals surface area contributed by atoms with Crippen LogP contribution in [-0.2, 0) is 4.79 Å². The second kappa shape index (κ2) is 8.05. The van der Waals surface area contributed by atoms with E-state index >= 15 is 0 Å². The van der Waals surface area contributed by atoms with E-state index in [0.29, 0.717) is 21.4 Å². The number of amides is 1. The lowest BCUT2D eigenvalue weighted by molar-refractivity contribution is -0.127. The van der Waals surface area contributed by atoms with E-state index in [2.05, 4.69) is 5.32 Å². The highest BCUT2D eigenvalue weighted by atomic mass is 35.5. The molecular weight excluding hydrogens is 347 g/mol. The molecule has 0 unspecified atom stereocenters. The molecule has 24 heavy (non-hydrogen) atoms. The summed E-state index contributed by atoms with van der Waals surface area (Å²) < 4.78 is 5.60. The van der Waals surface area contributed by atoms with Crippen molar-refractivity contribution in [2.75, 3.05) is 0 Å². The predicted octanol–water partition coefficient (Wildman–Crippen LogP) is 4.51. The van der Waals surface area contributed by atoms with Gasteiger partial charge in [-0.2, -0.15) is 5.26 Å². The van der Waals surface area contributed by atoms with E-state index in [1.54, 1.807) is 49.4 Å². The third kappa shape index (κ3) is 4.41. The third-order valence-corrected chi connectivity index (χ3v) is 4.03. The van der Waals surface area contributed by atoms with E-state index in [1.807, 2.05) is 13.0 Å². The second-order valence-corrected chi connectivity index (χ2v) is 6.11. The van der Waals surface area contributed by atoms with Crippen LogP contribution in [0.2, 0.25) is 10.0 Å². The molecule has 0 aliphatic rings. The quantitative estimate of drug-likeness (QED) is 0.850. The summed E-state index contributed by atoms with van der Waals surface area (Å²) >= 11 is 12.0. The van der Waals surface area contributed by atoms with Gasteiger partial charge in [0.1, 0.15) is 11.8 Å². The molecular formula is C18H16Cl2N2O2. The van der Waals surface area contributed by atoms with Crippen molar-refractivity contribution in [3.63, 3.8) is 0 Å². The SMILES string of the molecule is C[C@H](NC(=O)[C@@H](C)Oc1ccccc1C#N)c1ccc(Cl)cc1Cl. The number of carbonyl (C=O) groups is 1. The summed E-state index contributed by atoms with van der Waals surface area (Å²) in [6.07, 6.45) is -0.756. The van der Waals surface area contributed by atoms with Crippen molar-refractivity contribution in [2.24, 2.45) is 0 Å². The van der Waals surface area contributed by atoms with Crippen molar-refractivity contribution in [1.29, 1.82) is 5.26 Å². The highest BCUT2D eigenvalue weighted by Crippen LogP contribution is 2.26. The van der Waals surface area contributed by atoms with Crippen molar-refractivity contribution in [3.05, 3.63) is 63.6 Å². The van der Waals surface area contributed by atoms with Crippen LogP contribution < -0.4 is 10.1 Å². The molecule has 2 aromatic carbocycles. The minimum Gasteiger partial charge on any atom is -0.480 e. The number of rotatable bonds is 5. The molecule has 6 heteroatoms. The second-order valence-electron chi connectivity index (χ2n) is 5.26. The smallest absolute Gasteiger partial charge is 0.261 e. The summed E-state index contributed by atoms with van der Waals surface area (Å²) in [5.41, 5.74) is 1.14. The Kier molecular flexibility index (Phi) is 6.08. The molecule has 2 aromatic rings. The number of nitrogens with zero attached hydrogens (tertiary/aromatic N) is 1. The first-order valence-electron chi connectivity index (χ1n) is 7.33. The number of para-hydroxylation sites is 1. The molecule has 0 saturated heterocycles. The Morgan fingerprint density at radius 3 is 2.58 bits per heavy atom. The van der Waals surface area contributed by atoms with Crippen LogP contribution in [0.5, 0.6) is 5.75 Å². The number of hydrogen-bond acceptors (Lipinski definition) is 3. The van der Waals surface area contributed by atoms with Crippen molar-refractivity contribution >= 4 is 29.1 Å². The van der Waals surface area contributed by atoms with Gasteiger partial charge in [-0.15, -0.1) is 0 Å². The lowest BCUT2D eigenvalue weighted by Gasteiger charge is -2.20. The summed E-state index contributed by atoms with van der Waals surface area (Å²) in [7, 11) is 0. The Morgan fingerprint density at radius 1 is 1.21 bits per heavy atom. The summed E-state index contributed by atoms with van der Waals surface area (Å²) in [4.78, 5) is 12.3. The van der Waals surface area contributed by atoms with Gasteiger partial charge in [-0.05, 0) is 43.7 Å². The number of hydrogen-bond donors (Lipinski definition) is 1. The maximum absolute atomic E-state index is 12.3. The van der Waals surface area contributed by atoms with E-state index in [1.165, 1.54) is 0 Å². The molecule has 0 radical (unpaired) electrons. The van der Waals surface area contributed by atoms with Crippen LogP contribution >= 0.6 is 23.2 Å². The molecule has 0 heterocycles. The summed E-state index contributed by atoms with van der Waals surface area (Å²) in [5.74, 6) is 0.0705. The number of carbonyl (C=O) groups excluding carboxylic acids is 1. The van der Waals surface area contributed by atoms with E-state index in [9.17, 15) is 4.79 Å². The summed E-state index contributed by atoms with van der Waals surface area (Å²) in [6, 6.07) is 13.6. The van der Waals surface area contributed by atoms with Crippen LogP contribution in [-0.4, -0.2) is 12.0 Å². The van der Waals surface area contributed by atoms with Crippen LogP contribution in [0.4, 0.5) is 0 Å². The monoisotopic (exact) mass is 362 g/mol. The van der Waals surface area contributed by atoms with Gasteiger partial charge in [-0.1, -0.05) is 41.4 Å². The molecule has 1 amide bonds. The molecule has 4 nitrogen and oxygen atoms in total. The molecule has 0 spiro atoms. The fraction of sp³-hybridized carbons (Fsp3) is 0.222. The highest BCUT2D eigenvalue weighted by molar-refractivity contribution is 6.35. The molecule has 0 fully saturated rings. The molecule has 0 bridgehead atoms. The number of halogens is 2. The van der Waals surface area contributed by atoms with Crippen LogP contribution in [0.25, 0.3) is 0 Å². The fourth-order valence-corrected chi connectivity index (χ4v) is 2.74. The average molecular weight is 363 g/mol. The van der Waals surface area contributed by atoms with Crippen LogP contribution in [0.15, 0.2) is 42.5 Å². The third-order valence-electron chi connectivity index (χ3n) is 3.47. The lowest BCUT2D eigenvalue weighted by atomic mass is 10.1. The molecule has 0 aromatic heterocycles. The minimum atomic E-state index is -0.756. The van der Waals surface area contributed by atoms with Gasteiger partial charge in [0, 0.05) is 10.0 Å². The lowest BCUT2D eigenvalue weighted by Crippen LogP contribution is -2.38. The van der Waals surface area contributed by atoms with Gasteiger partial charge in [0.25, 0.3) is 5.91 Å². The summed E-state index contributed by atoms with van der Waals surface area (Å²) in [5, 5.41) is 12.9. The zero-order chi connectivity index (χ0) is 17.7. The molecule has 0 aliphatic carbocycles. The van der Waals surface area contributed by atoms with Gasteiger partial charge in [0.2, 0.25) is 0 Å². The number of nitriles is 1. The minimum absolute atomic E-state index is 0.304. The zero-order valence-corrected chi connectivity index (χ0v) is 14.7. The molecule has 1 N–H and O–H groups in total. The van der Waals surface area contributed by atoms with E-state index < -0.39 is 6.10 Å². The van der Waals surface area contributed by atoms with E-state index in [4.69, 9.17) is 33.2 Å². The van der Waals surface area contributed by atoms with Gasteiger partial charge >= 0.3 is 0 Å². The van der Waals surface area contributed by atoms with Crippen molar-refractivity contribution in [3.8, 4) is 11.8 Å². The van der Waals surface area contributed by atoms with Crippen LogP contribution in [0.1, 0.15) is 31.0 Å². The Labute approximate surface area is 151 Å². The van der Waals surface area contributed by atoms with Crippen molar-refractivity contribution in [2.45, 2.75) is 26.0 Å². The number of nitrogens with one attached hydrogen (secondary N) is 1. The zero-order valence-electron chi connectivity index (χ0n) is 13.2. The number of ether oxygens (including phenoxy) is 1. The number of benzene rings is 2. The topological polar surface area (TPSA) is 62.1 Å².